The Morgan fingerprint density at radius 1 is 1.05 bits per heavy atom. The fourth-order valence-corrected chi connectivity index (χ4v) is 1.90. The molecule has 0 aliphatic heterocycles. The second kappa shape index (κ2) is 7.38. The lowest BCUT2D eigenvalue weighted by Gasteiger charge is -2.13. The normalized spacial score (nSPS) is 10.0. The zero-order valence-corrected chi connectivity index (χ0v) is 12.6. The molecule has 0 saturated carbocycles. The Kier molecular flexibility index (Phi) is 5.26. The van der Waals surface area contributed by atoms with Crippen LogP contribution < -0.4 is 20.1 Å². The minimum Gasteiger partial charge on any atom is -0.497 e. The Hall–Kier alpha value is -2.43. The zero-order valence-electron chi connectivity index (χ0n) is 12.6. The van der Waals surface area contributed by atoms with Gasteiger partial charge in [0.25, 0.3) is 0 Å². The summed E-state index contributed by atoms with van der Waals surface area (Å²) in [5.74, 6) is 3.08. The predicted octanol–water partition coefficient (Wildman–Crippen LogP) is 3.66. The molecule has 21 heavy (non-hydrogen) atoms. The Bertz CT molecular complexity index is 587. The Morgan fingerprint density at radius 2 is 1.86 bits per heavy atom. The highest BCUT2D eigenvalue weighted by atomic mass is 16.5. The third-order valence-corrected chi connectivity index (χ3v) is 2.98. The van der Waals surface area contributed by atoms with Crippen LogP contribution in [0.3, 0.4) is 0 Å². The number of anilines is 3. The maximum absolute atomic E-state index is 5.37. The van der Waals surface area contributed by atoms with Gasteiger partial charge in [0.15, 0.2) is 0 Å². The highest BCUT2D eigenvalue weighted by Gasteiger charge is 2.06. The summed E-state index contributed by atoms with van der Waals surface area (Å²) >= 11 is 0. The first-order valence-corrected chi connectivity index (χ1v) is 6.96. The third kappa shape index (κ3) is 4.02. The SMILES string of the molecule is CCCNc1cccc(Nc2ccc(OC)cc2OC)n1. The van der Waals surface area contributed by atoms with E-state index in [2.05, 4.69) is 22.5 Å². The molecule has 0 amide bonds. The smallest absolute Gasteiger partial charge is 0.146 e. The van der Waals surface area contributed by atoms with Crippen molar-refractivity contribution in [3.05, 3.63) is 36.4 Å². The maximum atomic E-state index is 5.37. The molecule has 0 fully saturated rings. The van der Waals surface area contributed by atoms with E-state index >= 15 is 0 Å². The van der Waals surface area contributed by atoms with Crippen LogP contribution in [0.15, 0.2) is 36.4 Å². The zero-order chi connectivity index (χ0) is 15.1. The Balaban J connectivity index is 2.17. The Morgan fingerprint density at radius 3 is 2.57 bits per heavy atom. The molecule has 0 atom stereocenters. The molecule has 5 nitrogen and oxygen atoms in total. The van der Waals surface area contributed by atoms with Gasteiger partial charge in [0.1, 0.15) is 23.1 Å². The van der Waals surface area contributed by atoms with Crippen LogP contribution in [0.4, 0.5) is 17.3 Å². The summed E-state index contributed by atoms with van der Waals surface area (Å²) in [6, 6.07) is 11.5. The summed E-state index contributed by atoms with van der Waals surface area (Å²) in [5.41, 5.74) is 0.846. The quantitative estimate of drug-likeness (QED) is 0.814. The molecular weight excluding hydrogens is 266 g/mol. The lowest BCUT2D eigenvalue weighted by Crippen LogP contribution is -2.03. The van der Waals surface area contributed by atoms with E-state index < -0.39 is 0 Å². The number of hydrogen-bond donors (Lipinski definition) is 2. The van der Waals surface area contributed by atoms with Crippen LogP contribution in [0.1, 0.15) is 13.3 Å². The van der Waals surface area contributed by atoms with Crippen LogP contribution in [-0.2, 0) is 0 Å². The largest absolute Gasteiger partial charge is 0.497 e. The van der Waals surface area contributed by atoms with E-state index in [4.69, 9.17) is 9.47 Å². The van der Waals surface area contributed by atoms with Crippen LogP contribution in [0.25, 0.3) is 0 Å². The van der Waals surface area contributed by atoms with Crippen molar-refractivity contribution < 1.29 is 9.47 Å². The lowest BCUT2D eigenvalue weighted by molar-refractivity contribution is 0.395. The van der Waals surface area contributed by atoms with Gasteiger partial charge in [0.2, 0.25) is 0 Å². The predicted molar refractivity (Wildman–Crippen MR) is 85.8 cm³/mol. The van der Waals surface area contributed by atoms with Crippen molar-refractivity contribution in [3.63, 3.8) is 0 Å². The number of ether oxygens (including phenoxy) is 2. The number of pyridine rings is 1. The van der Waals surface area contributed by atoms with Crippen molar-refractivity contribution in [3.8, 4) is 11.5 Å². The van der Waals surface area contributed by atoms with Crippen LogP contribution in [0.2, 0.25) is 0 Å². The molecular formula is C16H21N3O2. The first-order chi connectivity index (χ1) is 10.3. The molecule has 1 aromatic heterocycles. The van der Waals surface area contributed by atoms with Gasteiger partial charge >= 0.3 is 0 Å². The van der Waals surface area contributed by atoms with Gasteiger partial charge < -0.3 is 20.1 Å². The molecule has 2 rings (SSSR count). The number of hydrogen-bond acceptors (Lipinski definition) is 5. The molecule has 1 aromatic carbocycles. The average Bonchev–Trinajstić information content (AvgIpc) is 2.53. The Labute approximate surface area is 125 Å². The van der Waals surface area contributed by atoms with E-state index in [1.54, 1.807) is 14.2 Å². The third-order valence-electron chi connectivity index (χ3n) is 2.98. The lowest BCUT2D eigenvalue weighted by atomic mass is 10.2. The van der Waals surface area contributed by atoms with Crippen molar-refractivity contribution >= 4 is 17.3 Å². The van der Waals surface area contributed by atoms with E-state index in [1.807, 2.05) is 36.4 Å². The molecule has 0 spiro atoms. The number of rotatable bonds is 7. The van der Waals surface area contributed by atoms with E-state index in [0.717, 1.165) is 36.0 Å². The standard InChI is InChI=1S/C16H21N3O2/c1-4-10-17-15-6-5-7-16(19-15)18-13-9-8-12(20-2)11-14(13)21-3/h5-9,11H,4,10H2,1-3H3,(H2,17,18,19). The molecule has 0 radical (unpaired) electrons. The van der Waals surface area contributed by atoms with E-state index in [9.17, 15) is 0 Å². The van der Waals surface area contributed by atoms with Gasteiger partial charge in [0.05, 0.1) is 19.9 Å². The molecule has 0 unspecified atom stereocenters. The molecule has 0 saturated heterocycles. The highest BCUT2D eigenvalue weighted by molar-refractivity contribution is 5.66. The van der Waals surface area contributed by atoms with E-state index in [-0.39, 0.29) is 0 Å². The first-order valence-electron chi connectivity index (χ1n) is 6.96. The maximum Gasteiger partial charge on any atom is 0.146 e. The van der Waals surface area contributed by atoms with Gasteiger partial charge in [-0.25, -0.2) is 4.98 Å². The van der Waals surface area contributed by atoms with Gasteiger partial charge in [0, 0.05) is 12.6 Å². The number of nitrogens with one attached hydrogen (secondary N) is 2. The van der Waals surface area contributed by atoms with Crippen LogP contribution >= 0.6 is 0 Å². The molecule has 112 valence electrons. The number of methoxy groups -OCH3 is 2. The van der Waals surface area contributed by atoms with Gasteiger partial charge in [-0.2, -0.15) is 0 Å². The molecule has 0 bridgehead atoms. The highest BCUT2D eigenvalue weighted by Crippen LogP contribution is 2.31. The second-order valence-corrected chi connectivity index (χ2v) is 4.53. The summed E-state index contributed by atoms with van der Waals surface area (Å²) < 4.78 is 10.6. The fraction of sp³-hybridized carbons (Fsp3) is 0.312. The molecule has 2 N–H and O–H groups in total. The second-order valence-electron chi connectivity index (χ2n) is 4.53. The first kappa shape index (κ1) is 15.0. The van der Waals surface area contributed by atoms with Crippen molar-refractivity contribution in [2.75, 3.05) is 31.4 Å². The summed E-state index contributed by atoms with van der Waals surface area (Å²) in [6.45, 7) is 3.03. The molecule has 5 heteroatoms. The number of aromatic nitrogens is 1. The number of benzene rings is 1. The van der Waals surface area contributed by atoms with Crippen molar-refractivity contribution in [2.24, 2.45) is 0 Å². The van der Waals surface area contributed by atoms with Gasteiger partial charge in [-0.1, -0.05) is 13.0 Å². The monoisotopic (exact) mass is 287 g/mol. The number of nitrogens with zero attached hydrogens (tertiary/aromatic N) is 1. The van der Waals surface area contributed by atoms with Gasteiger partial charge in [-0.05, 0) is 30.7 Å². The summed E-state index contributed by atoms with van der Waals surface area (Å²) in [7, 11) is 3.26. The topological polar surface area (TPSA) is 55.4 Å². The fourth-order valence-electron chi connectivity index (χ4n) is 1.90. The van der Waals surface area contributed by atoms with Crippen molar-refractivity contribution in [1.29, 1.82) is 0 Å². The summed E-state index contributed by atoms with van der Waals surface area (Å²) in [5, 5.41) is 6.52. The van der Waals surface area contributed by atoms with Gasteiger partial charge in [-0.15, -0.1) is 0 Å². The van der Waals surface area contributed by atoms with Crippen molar-refractivity contribution in [2.45, 2.75) is 13.3 Å². The average molecular weight is 287 g/mol. The van der Waals surface area contributed by atoms with Crippen LogP contribution in [0.5, 0.6) is 11.5 Å². The van der Waals surface area contributed by atoms with Crippen LogP contribution in [-0.4, -0.2) is 25.7 Å². The minimum absolute atomic E-state index is 0.711. The molecule has 0 aliphatic rings. The summed E-state index contributed by atoms with van der Waals surface area (Å²) in [6.07, 6.45) is 1.06. The van der Waals surface area contributed by atoms with Gasteiger partial charge in [-0.3, -0.25) is 0 Å². The minimum atomic E-state index is 0.711. The van der Waals surface area contributed by atoms with E-state index in [0.29, 0.717) is 5.75 Å². The molecule has 0 aliphatic carbocycles. The molecule has 1 heterocycles. The van der Waals surface area contributed by atoms with Crippen molar-refractivity contribution in [1.82, 2.24) is 4.98 Å². The van der Waals surface area contributed by atoms with Crippen LogP contribution in [0, 0.1) is 0 Å². The summed E-state index contributed by atoms with van der Waals surface area (Å²) in [4.78, 5) is 4.51. The molecule has 2 aromatic rings. The van der Waals surface area contributed by atoms with E-state index in [1.165, 1.54) is 0 Å².